The van der Waals surface area contributed by atoms with Crippen molar-refractivity contribution in [1.82, 2.24) is 4.98 Å². The fraction of sp³-hybridized carbons (Fsp3) is 0.0769. The third-order valence-electron chi connectivity index (χ3n) is 2.48. The van der Waals surface area contributed by atoms with E-state index in [0.29, 0.717) is 10.5 Å². The van der Waals surface area contributed by atoms with Crippen LogP contribution in [0.15, 0.2) is 46.5 Å². The van der Waals surface area contributed by atoms with Gasteiger partial charge in [0.25, 0.3) is 0 Å². The SMILES string of the molecule is Cc1cnc(Sc2ccc(C(=O)O)cc2)c([N+](=O)[O-])c1. The van der Waals surface area contributed by atoms with Crippen LogP contribution in [0.2, 0.25) is 0 Å². The fourth-order valence-corrected chi connectivity index (χ4v) is 2.37. The van der Waals surface area contributed by atoms with Gasteiger partial charge in [-0.15, -0.1) is 0 Å². The molecule has 2 aromatic rings. The monoisotopic (exact) mass is 290 g/mol. The van der Waals surface area contributed by atoms with Crippen LogP contribution in [0, 0.1) is 17.0 Å². The van der Waals surface area contributed by atoms with E-state index in [1.54, 1.807) is 25.3 Å². The van der Waals surface area contributed by atoms with Crippen molar-refractivity contribution in [2.45, 2.75) is 16.8 Å². The van der Waals surface area contributed by atoms with Crippen molar-refractivity contribution in [2.24, 2.45) is 0 Å². The van der Waals surface area contributed by atoms with Crippen molar-refractivity contribution in [1.29, 1.82) is 0 Å². The molecule has 0 saturated carbocycles. The first-order chi connectivity index (χ1) is 9.47. The van der Waals surface area contributed by atoms with Crippen molar-refractivity contribution in [2.75, 3.05) is 0 Å². The standard InChI is InChI=1S/C13H10N2O4S/c1-8-6-11(15(18)19)12(14-7-8)20-10-4-2-9(3-5-10)13(16)17/h2-7H,1H3,(H,16,17). The molecule has 2 rings (SSSR count). The Hall–Kier alpha value is -2.41. The first kappa shape index (κ1) is 14.0. The lowest BCUT2D eigenvalue weighted by Gasteiger charge is -2.03. The second-order valence-corrected chi connectivity index (χ2v) is 5.09. The third kappa shape index (κ3) is 3.12. The van der Waals surface area contributed by atoms with Crippen molar-refractivity contribution >= 4 is 23.4 Å². The highest BCUT2D eigenvalue weighted by Gasteiger charge is 2.16. The summed E-state index contributed by atoms with van der Waals surface area (Å²) >= 11 is 1.13. The predicted octanol–water partition coefficient (Wildman–Crippen LogP) is 3.15. The maximum Gasteiger partial charge on any atom is 0.335 e. The Morgan fingerprint density at radius 2 is 2.00 bits per heavy atom. The molecule has 1 N–H and O–H groups in total. The molecule has 0 aliphatic rings. The number of aryl methyl sites for hydroxylation is 1. The van der Waals surface area contributed by atoms with Crippen LogP contribution in [0.4, 0.5) is 5.69 Å². The van der Waals surface area contributed by atoms with E-state index >= 15 is 0 Å². The summed E-state index contributed by atoms with van der Waals surface area (Å²) < 4.78 is 0. The number of carboxylic acid groups (broad SMARTS) is 1. The quantitative estimate of drug-likeness (QED) is 0.686. The largest absolute Gasteiger partial charge is 0.478 e. The van der Waals surface area contributed by atoms with Gasteiger partial charge in [-0.3, -0.25) is 10.1 Å². The van der Waals surface area contributed by atoms with Crippen LogP contribution < -0.4 is 0 Å². The first-order valence-corrected chi connectivity index (χ1v) is 6.41. The van der Waals surface area contributed by atoms with Gasteiger partial charge in [-0.1, -0.05) is 11.8 Å². The minimum Gasteiger partial charge on any atom is -0.478 e. The summed E-state index contributed by atoms with van der Waals surface area (Å²) in [5.41, 5.74) is 0.820. The number of carboxylic acids is 1. The van der Waals surface area contributed by atoms with Gasteiger partial charge in [0.05, 0.1) is 10.5 Å². The lowest BCUT2D eigenvalue weighted by atomic mass is 10.2. The van der Waals surface area contributed by atoms with Crippen LogP contribution in [-0.2, 0) is 0 Å². The van der Waals surface area contributed by atoms with Gasteiger partial charge in [0.15, 0.2) is 5.03 Å². The first-order valence-electron chi connectivity index (χ1n) is 5.59. The molecule has 0 saturated heterocycles. The zero-order valence-corrected chi connectivity index (χ0v) is 11.3. The molecular formula is C13H10N2O4S. The summed E-state index contributed by atoms with van der Waals surface area (Å²) in [4.78, 5) is 26.0. The summed E-state index contributed by atoms with van der Waals surface area (Å²) in [6.45, 7) is 1.73. The van der Waals surface area contributed by atoms with Gasteiger partial charge >= 0.3 is 11.7 Å². The van der Waals surface area contributed by atoms with Gasteiger partial charge < -0.3 is 5.11 Å². The smallest absolute Gasteiger partial charge is 0.335 e. The average Bonchev–Trinajstić information content (AvgIpc) is 2.41. The molecule has 1 heterocycles. The lowest BCUT2D eigenvalue weighted by molar-refractivity contribution is -0.388. The maximum atomic E-state index is 11.0. The van der Waals surface area contributed by atoms with Crippen LogP contribution in [0.3, 0.4) is 0 Å². The van der Waals surface area contributed by atoms with Gasteiger partial charge in [-0.2, -0.15) is 0 Å². The Kier molecular flexibility index (Phi) is 3.99. The van der Waals surface area contributed by atoms with Gasteiger partial charge in [-0.25, -0.2) is 9.78 Å². The molecule has 102 valence electrons. The zero-order chi connectivity index (χ0) is 14.7. The van der Waals surface area contributed by atoms with E-state index in [2.05, 4.69) is 4.98 Å². The number of nitro groups is 1. The molecule has 0 atom stereocenters. The van der Waals surface area contributed by atoms with Crippen molar-refractivity contribution < 1.29 is 14.8 Å². The Morgan fingerprint density at radius 1 is 1.35 bits per heavy atom. The topological polar surface area (TPSA) is 93.3 Å². The molecule has 1 aromatic heterocycles. The lowest BCUT2D eigenvalue weighted by Crippen LogP contribution is -1.96. The molecule has 1 aromatic carbocycles. The summed E-state index contributed by atoms with van der Waals surface area (Å²) in [6, 6.07) is 7.55. The molecule has 0 aliphatic carbocycles. The second-order valence-electron chi connectivity index (χ2n) is 4.03. The number of hydrogen-bond acceptors (Lipinski definition) is 5. The van der Waals surface area contributed by atoms with Crippen LogP contribution in [0.1, 0.15) is 15.9 Å². The van der Waals surface area contributed by atoms with Crippen LogP contribution in [-0.4, -0.2) is 21.0 Å². The molecule has 0 spiro atoms. The van der Waals surface area contributed by atoms with E-state index in [1.165, 1.54) is 18.2 Å². The minimum atomic E-state index is -1.01. The average molecular weight is 290 g/mol. The number of aromatic nitrogens is 1. The Labute approximate surface area is 118 Å². The number of nitrogens with zero attached hydrogens (tertiary/aromatic N) is 2. The minimum absolute atomic E-state index is 0.0580. The van der Waals surface area contributed by atoms with Crippen LogP contribution >= 0.6 is 11.8 Å². The summed E-state index contributed by atoms with van der Waals surface area (Å²) in [5, 5.41) is 20.1. The predicted molar refractivity (Wildman–Crippen MR) is 73.2 cm³/mol. The maximum absolute atomic E-state index is 11.0. The number of hydrogen-bond donors (Lipinski definition) is 1. The third-order valence-corrected chi connectivity index (χ3v) is 3.50. The van der Waals surface area contributed by atoms with E-state index in [-0.39, 0.29) is 16.3 Å². The van der Waals surface area contributed by atoms with Gasteiger partial charge in [0.1, 0.15) is 0 Å². The highest BCUT2D eigenvalue weighted by molar-refractivity contribution is 7.99. The molecule has 7 heteroatoms. The number of carbonyl (C=O) groups is 1. The summed E-state index contributed by atoms with van der Waals surface area (Å²) in [5.74, 6) is -1.01. The number of pyridine rings is 1. The Morgan fingerprint density at radius 3 is 2.55 bits per heavy atom. The highest BCUT2D eigenvalue weighted by atomic mass is 32.2. The Bertz CT molecular complexity index is 671. The normalized spacial score (nSPS) is 10.2. The van der Waals surface area contributed by atoms with E-state index in [9.17, 15) is 14.9 Å². The molecule has 6 nitrogen and oxygen atoms in total. The van der Waals surface area contributed by atoms with Gasteiger partial charge in [-0.05, 0) is 36.8 Å². The molecule has 0 amide bonds. The molecule has 20 heavy (non-hydrogen) atoms. The summed E-state index contributed by atoms with van der Waals surface area (Å²) in [6.07, 6.45) is 1.56. The number of rotatable bonds is 4. The van der Waals surface area contributed by atoms with E-state index < -0.39 is 10.9 Å². The molecular weight excluding hydrogens is 280 g/mol. The van der Waals surface area contributed by atoms with E-state index in [4.69, 9.17) is 5.11 Å². The molecule has 0 fully saturated rings. The van der Waals surface area contributed by atoms with E-state index in [1.807, 2.05) is 0 Å². The Balaban J connectivity index is 2.30. The van der Waals surface area contributed by atoms with Crippen LogP contribution in [0.25, 0.3) is 0 Å². The number of aromatic carboxylic acids is 1. The van der Waals surface area contributed by atoms with Crippen molar-refractivity contribution in [3.05, 3.63) is 57.8 Å². The fourth-order valence-electron chi connectivity index (χ4n) is 1.53. The second kappa shape index (κ2) is 5.70. The highest BCUT2D eigenvalue weighted by Crippen LogP contribution is 2.33. The zero-order valence-electron chi connectivity index (χ0n) is 10.4. The molecule has 0 aliphatic heterocycles. The van der Waals surface area contributed by atoms with Crippen molar-refractivity contribution in [3.63, 3.8) is 0 Å². The van der Waals surface area contributed by atoms with Crippen LogP contribution in [0.5, 0.6) is 0 Å². The molecule has 0 unspecified atom stereocenters. The van der Waals surface area contributed by atoms with Crippen molar-refractivity contribution in [3.8, 4) is 0 Å². The van der Waals surface area contributed by atoms with E-state index in [0.717, 1.165) is 11.8 Å². The molecule has 0 bridgehead atoms. The summed E-state index contributed by atoms with van der Waals surface area (Å²) in [7, 11) is 0. The number of benzene rings is 1. The van der Waals surface area contributed by atoms with Gasteiger partial charge in [0.2, 0.25) is 0 Å². The van der Waals surface area contributed by atoms with Gasteiger partial charge in [0, 0.05) is 17.2 Å². The molecule has 0 radical (unpaired) electrons.